The smallest absolute Gasteiger partial charge is 1.00 e. The molecule has 0 amide bonds. The fourth-order valence-corrected chi connectivity index (χ4v) is 15.9. The molecule has 2 unspecified atom stereocenters. The van der Waals surface area contributed by atoms with Crippen molar-refractivity contribution in [1.82, 2.24) is 0 Å². The van der Waals surface area contributed by atoms with Gasteiger partial charge in [0.05, 0.1) is 0 Å². The van der Waals surface area contributed by atoms with Crippen LogP contribution in [0.2, 0.25) is 0 Å². The van der Waals surface area contributed by atoms with Crippen LogP contribution in [0.15, 0.2) is 34.9 Å². The fraction of sp³-hybridized carbons (Fsp3) is 0.360. The second kappa shape index (κ2) is 8.32. The van der Waals surface area contributed by atoms with Crippen molar-refractivity contribution in [3.8, 4) is 0 Å². The van der Waals surface area contributed by atoms with Gasteiger partial charge in [-0.3, -0.25) is 0 Å². The Morgan fingerprint density at radius 3 is 1.55 bits per heavy atom. The van der Waals surface area contributed by atoms with Gasteiger partial charge in [-0.05, 0) is 0 Å². The minimum Gasteiger partial charge on any atom is -1.00 e. The van der Waals surface area contributed by atoms with E-state index >= 15 is 0 Å². The maximum absolute atomic E-state index is 2.64. The van der Waals surface area contributed by atoms with Gasteiger partial charge in [-0.25, -0.2) is 0 Å². The molecule has 2 aromatic rings. The van der Waals surface area contributed by atoms with E-state index < -0.39 is 23.2 Å². The molecule has 3 aliphatic rings. The zero-order chi connectivity index (χ0) is 18.9. The molecule has 0 saturated carbocycles. The largest absolute Gasteiger partial charge is 1.00 e. The minimum atomic E-state index is -0.646. The summed E-state index contributed by atoms with van der Waals surface area (Å²) in [6, 6.07) is 9.41. The normalized spacial score (nSPS) is 22.4. The molecule has 4 heteroatoms. The zero-order valence-electron chi connectivity index (χ0n) is 17.7. The van der Waals surface area contributed by atoms with E-state index in [4.69, 9.17) is 0 Å². The molecule has 5 rings (SSSR count). The first-order chi connectivity index (χ1) is 13.0. The maximum atomic E-state index is 2.64. The third-order valence-corrected chi connectivity index (χ3v) is 15.3. The molecule has 1 heterocycles. The van der Waals surface area contributed by atoms with Gasteiger partial charge in [-0.2, -0.15) is 0 Å². The maximum Gasteiger partial charge on any atom is -1.00 e. The van der Waals surface area contributed by atoms with Gasteiger partial charge in [-0.15, -0.1) is 0 Å². The number of fused-ring (bicyclic) bond motifs is 6. The van der Waals surface area contributed by atoms with Gasteiger partial charge in [0, 0.05) is 0 Å². The van der Waals surface area contributed by atoms with Crippen LogP contribution in [0, 0.1) is 27.7 Å². The van der Waals surface area contributed by atoms with Gasteiger partial charge in [0.2, 0.25) is 0 Å². The van der Waals surface area contributed by atoms with Gasteiger partial charge >= 0.3 is 177 Å². The van der Waals surface area contributed by atoms with E-state index in [1.165, 1.54) is 34.8 Å². The molecular formula is C25H27F2PZr. The SMILES string of the molecule is CCCP1C2=Cc3c(C)ccc(C)c3[CH]2[Zr+2][CH]2C1=Cc1c(C)ccc(C)c12.[F-].[F-]. The number of benzene rings is 2. The number of rotatable bonds is 2. The molecule has 2 atom stereocenters. The zero-order valence-corrected chi connectivity index (χ0v) is 21.1. The summed E-state index contributed by atoms with van der Waals surface area (Å²) in [7, 11) is -0.130. The molecule has 1 saturated heterocycles. The second-order valence-electron chi connectivity index (χ2n) is 8.38. The summed E-state index contributed by atoms with van der Waals surface area (Å²) in [5.41, 5.74) is 12.6. The Balaban J connectivity index is 0.00000120. The fourth-order valence-electron chi connectivity index (χ4n) is 5.22. The van der Waals surface area contributed by atoms with Crippen LogP contribution in [0.25, 0.3) is 12.2 Å². The van der Waals surface area contributed by atoms with E-state index in [-0.39, 0.29) is 17.3 Å². The summed E-state index contributed by atoms with van der Waals surface area (Å²) in [5.74, 6) is 0. The summed E-state index contributed by atoms with van der Waals surface area (Å²) in [6.07, 6.45) is 7.96. The molecule has 0 bridgehead atoms. The molecule has 0 radical (unpaired) electrons. The number of halogens is 2. The van der Waals surface area contributed by atoms with Gasteiger partial charge in [0.15, 0.2) is 0 Å². The first-order valence-electron chi connectivity index (χ1n) is 10.2. The Kier molecular flexibility index (Phi) is 6.53. The molecular weight excluding hydrogens is 460 g/mol. The van der Waals surface area contributed by atoms with Crippen LogP contribution in [-0.2, 0) is 23.2 Å². The van der Waals surface area contributed by atoms with E-state index in [2.05, 4.69) is 71.0 Å². The predicted octanol–water partition coefficient (Wildman–Crippen LogP) is 1.41. The van der Waals surface area contributed by atoms with Gasteiger partial charge in [-0.1, -0.05) is 0 Å². The molecule has 0 aromatic heterocycles. The molecule has 2 aliphatic carbocycles. The second-order valence-corrected chi connectivity index (χ2v) is 14.4. The summed E-state index contributed by atoms with van der Waals surface area (Å²) < 4.78 is 1.63. The van der Waals surface area contributed by atoms with Crippen LogP contribution < -0.4 is 9.41 Å². The molecule has 1 aliphatic heterocycles. The Hall–Kier alpha value is -0.907. The predicted molar refractivity (Wildman–Crippen MR) is 115 cm³/mol. The van der Waals surface area contributed by atoms with Crippen molar-refractivity contribution in [1.29, 1.82) is 0 Å². The van der Waals surface area contributed by atoms with Crippen molar-refractivity contribution < 1.29 is 32.6 Å². The Morgan fingerprint density at radius 2 is 1.14 bits per heavy atom. The van der Waals surface area contributed by atoms with Crippen molar-refractivity contribution in [3.63, 3.8) is 0 Å². The molecule has 0 nitrogen and oxygen atoms in total. The first kappa shape index (κ1) is 22.8. The molecule has 1 fully saturated rings. The molecule has 29 heavy (non-hydrogen) atoms. The van der Waals surface area contributed by atoms with Crippen LogP contribution in [0.5, 0.6) is 0 Å². The van der Waals surface area contributed by atoms with E-state index in [9.17, 15) is 0 Å². The minimum absolute atomic E-state index is 0. The van der Waals surface area contributed by atoms with Crippen LogP contribution in [-0.4, -0.2) is 6.16 Å². The third-order valence-electron chi connectivity index (χ3n) is 6.60. The number of aryl methyl sites for hydroxylation is 4. The van der Waals surface area contributed by atoms with Gasteiger partial charge < -0.3 is 9.41 Å². The van der Waals surface area contributed by atoms with Gasteiger partial charge in [0.25, 0.3) is 0 Å². The molecule has 0 spiro atoms. The summed E-state index contributed by atoms with van der Waals surface area (Å²) in [4.78, 5) is 0. The number of hydrogen-bond acceptors (Lipinski definition) is 0. The number of allylic oxidation sites excluding steroid dienone is 2. The average Bonchev–Trinajstić information content (AvgIpc) is 3.22. The molecule has 150 valence electrons. The Labute approximate surface area is 185 Å². The quantitative estimate of drug-likeness (QED) is 0.562. The van der Waals surface area contributed by atoms with E-state index in [1.54, 1.807) is 22.3 Å². The van der Waals surface area contributed by atoms with Crippen LogP contribution >= 0.6 is 7.92 Å². The van der Waals surface area contributed by atoms with E-state index in [0.29, 0.717) is 0 Å². The standard InChI is InChI=1S/C25H27P.2FH.Zr/c1-6-11-26(20-12-22-16(2)7-8-17(3)23(22)13-20)21-14-24-18(4)9-10-19(5)25(24)15-21;;;/h7-10,12-15H,6,11H2,1-5H3;2*1H;/q;;;+2/p-2. The van der Waals surface area contributed by atoms with Crippen molar-refractivity contribution in [3.05, 3.63) is 79.4 Å². The van der Waals surface area contributed by atoms with Crippen LogP contribution in [0.1, 0.15) is 65.1 Å². The Bertz CT molecular complexity index is 958. The van der Waals surface area contributed by atoms with Gasteiger partial charge in [0.1, 0.15) is 0 Å². The van der Waals surface area contributed by atoms with Crippen molar-refractivity contribution in [2.24, 2.45) is 0 Å². The average molecular weight is 488 g/mol. The van der Waals surface area contributed by atoms with Crippen LogP contribution in [0.3, 0.4) is 0 Å². The first-order valence-corrected chi connectivity index (χ1v) is 14.5. The van der Waals surface area contributed by atoms with Crippen LogP contribution in [0.4, 0.5) is 0 Å². The Morgan fingerprint density at radius 1 is 0.724 bits per heavy atom. The monoisotopic (exact) mass is 486 g/mol. The molecule has 0 N–H and O–H groups in total. The van der Waals surface area contributed by atoms with Crippen molar-refractivity contribution in [2.45, 2.75) is 48.3 Å². The summed E-state index contributed by atoms with van der Waals surface area (Å²) >= 11 is -0.646. The summed E-state index contributed by atoms with van der Waals surface area (Å²) in [6.45, 7) is 11.7. The van der Waals surface area contributed by atoms with E-state index in [1.807, 2.05) is 10.6 Å². The summed E-state index contributed by atoms with van der Waals surface area (Å²) in [5, 5.41) is 3.69. The van der Waals surface area contributed by atoms with E-state index in [0.717, 1.165) is 7.25 Å². The third kappa shape index (κ3) is 3.28. The molecule has 2 aromatic carbocycles. The number of hydrogen-bond donors (Lipinski definition) is 0. The topological polar surface area (TPSA) is 0 Å². The van der Waals surface area contributed by atoms with Crippen molar-refractivity contribution >= 4 is 20.1 Å². The van der Waals surface area contributed by atoms with Crippen molar-refractivity contribution in [2.75, 3.05) is 6.16 Å².